The van der Waals surface area contributed by atoms with Crippen LogP contribution in [0.5, 0.6) is 0 Å². The molecular weight excluding hydrogens is 206 g/mol. The van der Waals surface area contributed by atoms with Crippen molar-refractivity contribution in [3.63, 3.8) is 0 Å². The smallest absolute Gasteiger partial charge is 0.160 e. The van der Waals surface area contributed by atoms with Crippen molar-refractivity contribution in [2.24, 2.45) is 5.73 Å². The van der Waals surface area contributed by atoms with Crippen molar-refractivity contribution >= 4 is 0 Å². The van der Waals surface area contributed by atoms with Crippen LogP contribution >= 0.6 is 0 Å². The standard InChI is InChI=1S/C12H23NO3/c1-8-12(14)10(13)7-11(15-8)16-9-5-3-2-4-6-9/h8-12,14H,2-7,13H2,1H3/t8-,10+,11-,12+/m0/s1. The first kappa shape index (κ1) is 12.3. The highest BCUT2D eigenvalue weighted by Gasteiger charge is 2.34. The summed E-state index contributed by atoms with van der Waals surface area (Å²) in [7, 11) is 0. The number of rotatable bonds is 2. The Labute approximate surface area is 97.1 Å². The van der Waals surface area contributed by atoms with Crippen molar-refractivity contribution in [1.29, 1.82) is 0 Å². The third-order valence-corrected chi connectivity index (χ3v) is 3.65. The van der Waals surface area contributed by atoms with Crippen molar-refractivity contribution in [2.45, 2.75) is 76.1 Å². The van der Waals surface area contributed by atoms with Crippen LogP contribution in [0.3, 0.4) is 0 Å². The van der Waals surface area contributed by atoms with E-state index in [1.807, 2.05) is 6.92 Å². The maximum Gasteiger partial charge on any atom is 0.160 e. The van der Waals surface area contributed by atoms with E-state index < -0.39 is 6.10 Å². The van der Waals surface area contributed by atoms with Crippen LogP contribution in [0, 0.1) is 0 Å². The van der Waals surface area contributed by atoms with Gasteiger partial charge in [0.25, 0.3) is 0 Å². The second-order valence-electron chi connectivity index (χ2n) is 5.06. The Morgan fingerprint density at radius 3 is 2.56 bits per heavy atom. The molecule has 4 nitrogen and oxygen atoms in total. The maximum absolute atomic E-state index is 9.66. The zero-order valence-corrected chi connectivity index (χ0v) is 9.97. The van der Waals surface area contributed by atoms with E-state index in [0.29, 0.717) is 12.5 Å². The predicted octanol–water partition coefficient (Wildman–Crippen LogP) is 1.16. The zero-order chi connectivity index (χ0) is 11.5. The van der Waals surface area contributed by atoms with E-state index in [1.165, 1.54) is 19.3 Å². The molecule has 4 heteroatoms. The van der Waals surface area contributed by atoms with Gasteiger partial charge < -0.3 is 20.3 Å². The lowest BCUT2D eigenvalue weighted by atomic mass is 9.97. The Morgan fingerprint density at radius 1 is 1.25 bits per heavy atom. The lowest BCUT2D eigenvalue weighted by Crippen LogP contribution is -2.52. The van der Waals surface area contributed by atoms with E-state index in [1.54, 1.807) is 0 Å². The lowest BCUT2D eigenvalue weighted by molar-refractivity contribution is -0.241. The Balaban J connectivity index is 1.81. The van der Waals surface area contributed by atoms with Gasteiger partial charge in [0.15, 0.2) is 6.29 Å². The maximum atomic E-state index is 9.66. The molecule has 0 aromatic rings. The molecule has 2 rings (SSSR count). The van der Waals surface area contributed by atoms with Gasteiger partial charge in [-0.3, -0.25) is 0 Å². The van der Waals surface area contributed by atoms with Gasteiger partial charge in [0.05, 0.1) is 18.3 Å². The highest BCUT2D eigenvalue weighted by Crippen LogP contribution is 2.26. The highest BCUT2D eigenvalue weighted by atomic mass is 16.7. The summed E-state index contributed by atoms with van der Waals surface area (Å²) in [6.07, 6.45) is 6.00. The molecule has 1 saturated carbocycles. The first-order chi connectivity index (χ1) is 7.66. The second kappa shape index (κ2) is 5.45. The van der Waals surface area contributed by atoms with Crippen LogP contribution in [0.25, 0.3) is 0 Å². The summed E-state index contributed by atoms with van der Waals surface area (Å²) >= 11 is 0. The molecule has 0 unspecified atom stereocenters. The van der Waals surface area contributed by atoms with Crippen molar-refractivity contribution in [1.82, 2.24) is 0 Å². The fourth-order valence-corrected chi connectivity index (χ4v) is 2.59. The summed E-state index contributed by atoms with van der Waals surface area (Å²) in [5.41, 5.74) is 5.85. The first-order valence-electron chi connectivity index (χ1n) is 6.41. The average Bonchev–Trinajstić information content (AvgIpc) is 2.27. The Kier molecular flexibility index (Phi) is 4.19. The van der Waals surface area contributed by atoms with E-state index >= 15 is 0 Å². The van der Waals surface area contributed by atoms with Crippen LogP contribution in [-0.2, 0) is 9.47 Å². The summed E-state index contributed by atoms with van der Waals surface area (Å²) < 4.78 is 11.5. The van der Waals surface area contributed by atoms with E-state index in [9.17, 15) is 5.11 Å². The van der Waals surface area contributed by atoms with E-state index in [2.05, 4.69) is 0 Å². The number of ether oxygens (including phenoxy) is 2. The fourth-order valence-electron chi connectivity index (χ4n) is 2.59. The van der Waals surface area contributed by atoms with Gasteiger partial charge in [-0.2, -0.15) is 0 Å². The van der Waals surface area contributed by atoms with Crippen LogP contribution in [0.2, 0.25) is 0 Å². The van der Waals surface area contributed by atoms with Crippen LogP contribution in [0.4, 0.5) is 0 Å². The molecular formula is C12H23NO3. The molecule has 1 aliphatic carbocycles. The quantitative estimate of drug-likeness (QED) is 0.745. The molecule has 0 radical (unpaired) electrons. The second-order valence-corrected chi connectivity index (χ2v) is 5.06. The Morgan fingerprint density at radius 2 is 1.94 bits per heavy atom. The Hall–Kier alpha value is -0.160. The molecule has 0 spiro atoms. The topological polar surface area (TPSA) is 64.7 Å². The molecule has 16 heavy (non-hydrogen) atoms. The molecule has 1 saturated heterocycles. The number of aliphatic hydroxyl groups is 1. The van der Waals surface area contributed by atoms with Crippen molar-refractivity contribution in [3.05, 3.63) is 0 Å². The molecule has 2 aliphatic rings. The lowest BCUT2D eigenvalue weighted by Gasteiger charge is -2.38. The molecule has 4 atom stereocenters. The third kappa shape index (κ3) is 2.94. The first-order valence-corrected chi connectivity index (χ1v) is 6.41. The summed E-state index contributed by atoms with van der Waals surface area (Å²) in [5, 5.41) is 9.66. The highest BCUT2D eigenvalue weighted by molar-refractivity contribution is 4.83. The van der Waals surface area contributed by atoms with Crippen LogP contribution in [0.1, 0.15) is 45.4 Å². The van der Waals surface area contributed by atoms with Crippen LogP contribution < -0.4 is 5.73 Å². The molecule has 1 heterocycles. The third-order valence-electron chi connectivity index (χ3n) is 3.65. The zero-order valence-electron chi connectivity index (χ0n) is 9.97. The van der Waals surface area contributed by atoms with E-state index in [-0.39, 0.29) is 18.4 Å². The SMILES string of the molecule is C[C@@H]1O[C@@H](OC2CCCCC2)C[C@@H](N)[C@@H]1O. The minimum atomic E-state index is -0.564. The predicted molar refractivity (Wildman–Crippen MR) is 60.9 cm³/mol. The molecule has 94 valence electrons. The molecule has 0 bridgehead atoms. The minimum absolute atomic E-state index is 0.225. The van der Waals surface area contributed by atoms with Crippen molar-refractivity contribution in [2.75, 3.05) is 0 Å². The van der Waals surface area contributed by atoms with Gasteiger partial charge in [-0.05, 0) is 19.8 Å². The van der Waals surface area contributed by atoms with Crippen LogP contribution in [0.15, 0.2) is 0 Å². The van der Waals surface area contributed by atoms with Gasteiger partial charge in [-0.25, -0.2) is 0 Å². The number of aliphatic hydroxyl groups excluding tert-OH is 1. The number of hydrogen-bond donors (Lipinski definition) is 2. The van der Waals surface area contributed by atoms with Gasteiger partial charge in [0.2, 0.25) is 0 Å². The Bertz CT molecular complexity index is 206. The molecule has 0 aromatic carbocycles. The fraction of sp³-hybridized carbons (Fsp3) is 1.00. The monoisotopic (exact) mass is 229 g/mol. The summed E-state index contributed by atoms with van der Waals surface area (Å²) in [6.45, 7) is 1.85. The van der Waals surface area contributed by atoms with Crippen molar-refractivity contribution in [3.8, 4) is 0 Å². The molecule has 0 aromatic heterocycles. The van der Waals surface area contributed by atoms with Gasteiger partial charge in [-0.15, -0.1) is 0 Å². The van der Waals surface area contributed by atoms with Gasteiger partial charge >= 0.3 is 0 Å². The summed E-state index contributed by atoms with van der Waals surface area (Å²) in [4.78, 5) is 0. The molecule has 1 aliphatic heterocycles. The van der Waals surface area contributed by atoms with E-state index in [4.69, 9.17) is 15.2 Å². The molecule has 2 fully saturated rings. The van der Waals surface area contributed by atoms with E-state index in [0.717, 1.165) is 12.8 Å². The molecule has 0 amide bonds. The van der Waals surface area contributed by atoms with Crippen molar-refractivity contribution < 1.29 is 14.6 Å². The summed E-state index contributed by atoms with van der Waals surface area (Å²) in [6, 6.07) is -0.225. The van der Waals surface area contributed by atoms with Gasteiger partial charge in [-0.1, -0.05) is 19.3 Å². The number of nitrogens with two attached hydrogens (primary N) is 1. The van der Waals surface area contributed by atoms with Gasteiger partial charge in [0, 0.05) is 12.5 Å². The average molecular weight is 229 g/mol. The summed E-state index contributed by atoms with van der Waals surface area (Å²) in [5.74, 6) is 0. The largest absolute Gasteiger partial charge is 0.389 e. The normalized spacial score (nSPS) is 42.2. The number of hydrogen-bond acceptors (Lipinski definition) is 4. The minimum Gasteiger partial charge on any atom is -0.389 e. The van der Waals surface area contributed by atoms with Crippen LogP contribution in [-0.4, -0.2) is 35.8 Å². The van der Waals surface area contributed by atoms with Gasteiger partial charge in [0.1, 0.15) is 0 Å². The molecule has 3 N–H and O–H groups in total.